The molecule has 2 N–H and O–H groups in total. The summed E-state index contributed by atoms with van der Waals surface area (Å²) in [6.07, 6.45) is 9.27. The Kier molecular flexibility index (Phi) is 5.54. The molecule has 0 saturated heterocycles. The Morgan fingerprint density at radius 1 is 1.27 bits per heavy atom. The van der Waals surface area contributed by atoms with Gasteiger partial charge in [0.1, 0.15) is 10.8 Å². The second-order valence-corrected chi connectivity index (χ2v) is 4.28. The number of halogens is 1. The first-order valence-corrected chi connectivity index (χ1v) is 6.10. The lowest BCUT2D eigenvalue weighted by Gasteiger charge is -2.03. The molecule has 0 aliphatic rings. The predicted molar refractivity (Wildman–Crippen MR) is 65.0 cm³/mol. The van der Waals surface area contributed by atoms with Gasteiger partial charge in [0, 0.05) is 6.54 Å². The van der Waals surface area contributed by atoms with Crippen LogP contribution in [0.2, 0.25) is 5.02 Å². The molecule has 0 amide bonds. The highest BCUT2D eigenvalue weighted by Crippen LogP contribution is 2.17. The summed E-state index contributed by atoms with van der Waals surface area (Å²) >= 11 is 5.80. The minimum absolute atomic E-state index is 0.556. The molecule has 0 radical (unpaired) electrons. The third-order valence-electron chi connectivity index (χ3n) is 2.56. The maximum absolute atomic E-state index is 5.80. The van der Waals surface area contributed by atoms with Crippen molar-refractivity contribution in [3.05, 3.63) is 11.2 Å². The zero-order chi connectivity index (χ0) is 11.1. The summed E-state index contributed by atoms with van der Waals surface area (Å²) in [7, 11) is 0. The van der Waals surface area contributed by atoms with Gasteiger partial charge in [-0.15, -0.1) is 0 Å². The quantitative estimate of drug-likeness (QED) is 0.728. The van der Waals surface area contributed by atoms with Crippen molar-refractivity contribution < 1.29 is 0 Å². The van der Waals surface area contributed by atoms with Gasteiger partial charge >= 0.3 is 0 Å². The van der Waals surface area contributed by atoms with Crippen LogP contribution in [0.25, 0.3) is 0 Å². The molecule has 3 nitrogen and oxygen atoms in total. The first-order chi connectivity index (χ1) is 7.25. The number of hydrogen-bond donors (Lipinski definition) is 1. The van der Waals surface area contributed by atoms with Gasteiger partial charge in [0.15, 0.2) is 0 Å². The molecule has 0 unspecified atom stereocenters. The maximum atomic E-state index is 5.80. The highest BCUT2D eigenvalue weighted by atomic mass is 35.5. The Morgan fingerprint density at radius 2 is 1.93 bits per heavy atom. The summed E-state index contributed by atoms with van der Waals surface area (Å²) in [5.74, 6) is 0.588. The number of hydrogen-bond acceptors (Lipinski definition) is 2. The van der Waals surface area contributed by atoms with E-state index in [1.807, 2.05) is 0 Å². The molecule has 1 aromatic rings. The van der Waals surface area contributed by atoms with Gasteiger partial charge in [-0.3, -0.25) is 0 Å². The van der Waals surface area contributed by atoms with Gasteiger partial charge < -0.3 is 5.73 Å². The van der Waals surface area contributed by atoms with E-state index >= 15 is 0 Å². The monoisotopic (exact) mass is 229 g/mol. The van der Waals surface area contributed by atoms with E-state index in [4.69, 9.17) is 17.3 Å². The van der Waals surface area contributed by atoms with Gasteiger partial charge in [-0.1, -0.05) is 50.6 Å². The summed E-state index contributed by atoms with van der Waals surface area (Å²) in [6.45, 7) is 3.11. The van der Waals surface area contributed by atoms with Crippen LogP contribution in [0.5, 0.6) is 0 Å². The van der Waals surface area contributed by atoms with Crippen LogP contribution < -0.4 is 5.73 Å². The number of nitrogen functional groups attached to an aromatic ring is 1. The molecule has 0 fully saturated rings. The molecule has 0 aliphatic heterocycles. The van der Waals surface area contributed by atoms with Crippen LogP contribution in [0.3, 0.4) is 0 Å². The molecular formula is C11H20ClN3. The lowest BCUT2D eigenvalue weighted by atomic mass is 10.1. The summed E-state index contributed by atoms with van der Waals surface area (Å²) in [4.78, 5) is 0. The predicted octanol–water partition coefficient (Wildman–Crippen LogP) is 3.48. The minimum Gasteiger partial charge on any atom is -0.383 e. The van der Waals surface area contributed by atoms with Gasteiger partial charge in [-0.05, 0) is 6.42 Å². The van der Waals surface area contributed by atoms with Crippen molar-refractivity contribution in [2.24, 2.45) is 0 Å². The molecule has 0 aliphatic carbocycles. The fourth-order valence-electron chi connectivity index (χ4n) is 1.59. The van der Waals surface area contributed by atoms with Gasteiger partial charge in [0.2, 0.25) is 0 Å². The summed E-state index contributed by atoms with van der Waals surface area (Å²) in [5.41, 5.74) is 5.73. The van der Waals surface area contributed by atoms with Gasteiger partial charge in [0.25, 0.3) is 0 Å². The Bertz CT molecular complexity index is 283. The zero-order valence-corrected chi connectivity index (χ0v) is 10.1. The zero-order valence-electron chi connectivity index (χ0n) is 9.38. The summed E-state index contributed by atoms with van der Waals surface area (Å²) in [5, 5.41) is 4.67. The molecule has 1 rings (SSSR count). The lowest BCUT2D eigenvalue weighted by Crippen LogP contribution is -2.04. The number of nitrogens with zero attached hydrogens (tertiary/aromatic N) is 2. The molecular weight excluding hydrogens is 210 g/mol. The number of anilines is 1. The largest absolute Gasteiger partial charge is 0.383 e. The van der Waals surface area contributed by atoms with Crippen LogP contribution in [0.1, 0.15) is 45.4 Å². The van der Waals surface area contributed by atoms with E-state index in [2.05, 4.69) is 12.0 Å². The maximum Gasteiger partial charge on any atom is 0.140 e. The first-order valence-electron chi connectivity index (χ1n) is 5.72. The van der Waals surface area contributed by atoms with Crippen molar-refractivity contribution in [3.63, 3.8) is 0 Å². The van der Waals surface area contributed by atoms with E-state index in [0.717, 1.165) is 13.0 Å². The van der Waals surface area contributed by atoms with Crippen LogP contribution in [0, 0.1) is 0 Å². The van der Waals surface area contributed by atoms with Crippen LogP contribution in [0.15, 0.2) is 6.20 Å². The average molecular weight is 230 g/mol. The van der Waals surface area contributed by atoms with E-state index in [0.29, 0.717) is 10.8 Å². The van der Waals surface area contributed by atoms with E-state index in [-0.39, 0.29) is 0 Å². The van der Waals surface area contributed by atoms with Crippen LogP contribution in [-0.2, 0) is 6.54 Å². The molecule has 1 heterocycles. The lowest BCUT2D eigenvalue weighted by molar-refractivity contribution is 0.532. The van der Waals surface area contributed by atoms with Crippen molar-refractivity contribution in [2.45, 2.75) is 52.0 Å². The molecule has 0 aromatic carbocycles. The second-order valence-electron chi connectivity index (χ2n) is 3.87. The normalized spacial score (nSPS) is 10.8. The van der Waals surface area contributed by atoms with E-state index in [1.165, 1.54) is 32.1 Å². The molecule has 0 bridgehead atoms. The van der Waals surface area contributed by atoms with E-state index in [9.17, 15) is 0 Å². The molecule has 0 spiro atoms. The molecule has 86 valence electrons. The fourth-order valence-corrected chi connectivity index (χ4v) is 1.73. The third-order valence-corrected chi connectivity index (χ3v) is 2.85. The fraction of sp³-hybridized carbons (Fsp3) is 0.727. The summed E-state index contributed by atoms with van der Waals surface area (Å²) in [6, 6.07) is 0. The highest BCUT2D eigenvalue weighted by Gasteiger charge is 2.03. The van der Waals surface area contributed by atoms with Crippen molar-refractivity contribution in [1.82, 2.24) is 9.78 Å². The Morgan fingerprint density at radius 3 is 2.53 bits per heavy atom. The summed E-state index contributed by atoms with van der Waals surface area (Å²) < 4.78 is 1.78. The van der Waals surface area contributed by atoms with Crippen molar-refractivity contribution in [2.75, 3.05) is 5.73 Å². The van der Waals surface area contributed by atoms with Crippen LogP contribution >= 0.6 is 11.6 Å². The van der Waals surface area contributed by atoms with Crippen LogP contribution in [-0.4, -0.2) is 9.78 Å². The standard InChI is InChI=1S/C11H20ClN3/c1-2-3-4-5-6-7-8-15-11(13)10(12)9-14-15/h9H,2-8,13H2,1H3. The molecule has 0 saturated carbocycles. The highest BCUT2D eigenvalue weighted by molar-refractivity contribution is 6.32. The molecule has 4 heteroatoms. The smallest absolute Gasteiger partial charge is 0.140 e. The average Bonchev–Trinajstić information content (AvgIpc) is 2.54. The van der Waals surface area contributed by atoms with Crippen molar-refractivity contribution in [1.29, 1.82) is 0 Å². The number of rotatable bonds is 7. The number of aryl methyl sites for hydroxylation is 1. The van der Waals surface area contributed by atoms with Gasteiger partial charge in [-0.25, -0.2) is 4.68 Å². The molecule has 15 heavy (non-hydrogen) atoms. The number of nitrogens with two attached hydrogens (primary N) is 1. The number of aromatic nitrogens is 2. The number of unbranched alkanes of at least 4 members (excludes halogenated alkanes) is 5. The SMILES string of the molecule is CCCCCCCCn1ncc(Cl)c1N. The van der Waals surface area contributed by atoms with Crippen molar-refractivity contribution >= 4 is 17.4 Å². The molecule has 1 aromatic heterocycles. The Balaban J connectivity index is 2.12. The van der Waals surface area contributed by atoms with Crippen molar-refractivity contribution in [3.8, 4) is 0 Å². The Hall–Kier alpha value is -0.700. The molecule has 0 atom stereocenters. The topological polar surface area (TPSA) is 43.8 Å². The first kappa shape index (κ1) is 12.4. The van der Waals surface area contributed by atoms with E-state index in [1.54, 1.807) is 10.9 Å². The third kappa shape index (κ3) is 4.12. The Labute approximate surface area is 96.6 Å². The van der Waals surface area contributed by atoms with Gasteiger partial charge in [-0.2, -0.15) is 5.10 Å². The second kappa shape index (κ2) is 6.72. The van der Waals surface area contributed by atoms with Gasteiger partial charge in [0.05, 0.1) is 6.20 Å². The van der Waals surface area contributed by atoms with Crippen LogP contribution in [0.4, 0.5) is 5.82 Å². The van der Waals surface area contributed by atoms with E-state index < -0.39 is 0 Å². The minimum atomic E-state index is 0.556.